The second-order valence-corrected chi connectivity index (χ2v) is 11.5. The van der Waals surface area contributed by atoms with Crippen LogP contribution >= 0.6 is 12.6 Å². The summed E-state index contributed by atoms with van der Waals surface area (Å²) in [6, 6.07) is 0. The highest BCUT2D eigenvalue weighted by Crippen LogP contribution is 2.40. The zero-order chi connectivity index (χ0) is 11.7. The van der Waals surface area contributed by atoms with Crippen LogP contribution in [0.4, 0.5) is 0 Å². The fourth-order valence-electron chi connectivity index (χ4n) is 1.90. The molecule has 0 aromatic heterocycles. The van der Waals surface area contributed by atoms with Gasteiger partial charge in [0, 0.05) is 6.10 Å². The van der Waals surface area contributed by atoms with Crippen molar-refractivity contribution in [3.8, 4) is 0 Å². The lowest BCUT2D eigenvalue weighted by Gasteiger charge is -2.38. The molecular formula is C12H26OSSi. The molecule has 1 fully saturated rings. The maximum atomic E-state index is 6.40. The van der Waals surface area contributed by atoms with Crippen LogP contribution in [0.5, 0.6) is 0 Å². The average molecular weight is 246 g/mol. The van der Waals surface area contributed by atoms with E-state index in [1.165, 1.54) is 19.3 Å². The molecule has 0 spiro atoms. The lowest BCUT2D eigenvalue weighted by molar-refractivity contribution is 0.184. The summed E-state index contributed by atoms with van der Waals surface area (Å²) >= 11 is 4.38. The minimum absolute atomic E-state index is 0.339. The molecule has 1 aliphatic carbocycles. The maximum Gasteiger partial charge on any atom is 0.192 e. The molecule has 3 heteroatoms. The Hall–Kier alpha value is 0.527. The largest absolute Gasteiger partial charge is 0.414 e. The Balaban J connectivity index is 2.49. The van der Waals surface area contributed by atoms with Crippen LogP contribution in [-0.4, -0.2) is 20.2 Å². The minimum atomic E-state index is -1.54. The van der Waals surface area contributed by atoms with Crippen LogP contribution in [0.2, 0.25) is 18.1 Å². The summed E-state index contributed by atoms with van der Waals surface area (Å²) in [6.45, 7) is 11.6. The van der Waals surface area contributed by atoms with Crippen LogP contribution in [0.3, 0.4) is 0 Å². The molecule has 1 aliphatic rings. The van der Waals surface area contributed by atoms with E-state index in [9.17, 15) is 0 Å². The quantitative estimate of drug-likeness (QED) is 0.582. The molecule has 2 atom stereocenters. The van der Waals surface area contributed by atoms with Gasteiger partial charge in [-0.25, -0.2) is 0 Å². The fraction of sp³-hybridized carbons (Fsp3) is 1.00. The third kappa shape index (κ3) is 3.50. The first-order valence-corrected chi connectivity index (χ1v) is 9.59. The van der Waals surface area contributed by atoms with E-state index in [1.54, 1.807) is 0 Å². The molecule has 1 rings (SSSR count). The van der Waals surface area contributed by atoms with E-state index in [2.05, 4.69) is 46.5 Å². The Bertz CT molecular complexity index is 210. The number of rotatable bonds is 3. The molecule has 0 N–H and O–H groups in total. The zero-order valence-electron chi connectivity index (χ0n) is 10.8. The highest BCUT2D eigenvalue weighted by molar-refractivity contribution is 7.80. The molecule has 1 nitrogen and oxygen atoms in total. The van der Waals surface area contributed by atoms with E-state index < -0.39 is 8.32 Å². The first-order valence-electron chi connectivity index (χ1n) is 6.05. The van der Waals surface area contributed by atoms with Gasteiger partial charge < -0.3 is 4.43 Å². The standard InChI is InChI=1S/C12H26OSSi/c1-12(2,3)15(4,5)13-11-7-6-10(8-11)9-14/h10-11,14H,6-9H2,1-5H3. The van der Waals surface area contributed by atoms with E-state index in [4.69, 9.17) is 4.43 Å². The predicted molar refractivity (Wildman–Crippen MR) is 73.3 cm³/mol. The van der Waals surface area contributed by atoms with Crippen molar-refractivity contribution in [2.45, 2.75) is 64.3 Å². The first-order chi connectivity index (χ1) is 6.76. The van der Waals surface area contributed by atoms with Gasteiger partial charge in [0.15, 0.2) is 8.32 Å². The van der Waals surface area contributed by atoms with Crippen LogP contribution in [0.15, 0.2) is 0 Å². The topological polar surface area (TPSA) is 9.23 Å². The van der Waals surface area contributed by atoms with Crippen LogP contribution in [0.25, 0.3) is 0 Å². The van der Waals surface area contributed by atoms with E-state index in [-0.39, 0.29) is 0 Å². The highest BCUT2D eigenvalue weighted by atomic mass is 32.1. The predicted octanol–water partition coefficient (Wildman–Crippen LogP) is 4.11. The SMILES string of the molecule is CC(C)(C)[Si](C)(C)OC1CCC(CS)C1. The molecule has 0 saturated heterocycles. The number of thiol groups is 1. The summed E-state index contributed by atoms with van der Waals surface area (Å²) in [4.78, 5) is 0. The number of hydrogen-bond acceptors (Lipinski definition) is 2. The normalized spacial score (nSPS) is 28.4. The number of hydrogen-bond donors (Lipinski definition) is 1. The third-order valence-corrected chi connectivity index (χ3v) is 9.07. The Kier molecular flexibility index (Phi) is 4.35. The lowest BCUT2D eigenvalue weighted by atomic mass is 10.1. The van der Waals surface area contributed by atoms with Gasteiger partial charge in [-0.2, -0.15) is 12.6 Å². The Morgan fingerprint density at radius 2 is 1.87 bits per heavy atom. The smallest absolute Gasteiger partial charge is 0.192 e. The second kappa shape index (κ2) is 4.80. The molecule has 2 unspecified atom stereocenters. The van der Waals surface area contributed by atoms with E-state index in [0.717, 1.165) is 11.7 Å². The van der Waals surface area contributed by atoms with Gasteiger partial charge in [0.2, 0.25) is 0 Å². The molecule has 0 aliphatic heterocycles. The molecule has 0 bridgehead atoms. The lowest BCUT2D eigenvalue weighted by Crippen LogP contribution is -2.43. The van der Waals surface area contributed by atoms with Gasteiger partial charge in [0.05, 0.1) is 0 Å². The van der Waals surface area contributed by atoms with Crippen molar-refractivity contribution in [2.24, 2.45) is 5.92 Å². The molecule has 0 radical (unpaired) electrons. The van der Waals surface area contributed by atoms with Crippen molar-refractivity contribution in [3.63, 3.8) is 0 Å². The van der Waals surface area contributed by atoms with Crippen molar-refractivity contribution in [2.75, 3.05) is 5.75 Å². The van der Waals surface area contributed by atoms with Gasteiger partial charge in [-0.05, 0) is 49.1 Å². The summed E-state index contributed by atoms with van der Waals surface area (Å²) in [7, 11) is -1.54. The minimum Gasteiger partial charge on any atom is -0.414 e. The molecule has 1 saturated carbocycles. The van der Waals surface area contributed by atoms with Crippen molar-refractivity contribution in [1.82, 2.24) is 0 Å². The van der Waals surface area contributed by atoms with E-state index in [1.807, 2.05) is 0 Å². The van der Waals surface area contributed by atoms with Gasteiger partial charge in [-0.15, -0.1) is 0 Å². The van der Waals surface area contributed by atoms with Crippen LogP contribution in [0.1, 0.15) is 40.0 Å². The average Bonchev–Trinajstić information content (AvgIpc) is 2.49. The van der Waals surface area contributed by atoms with Gasteiger partial charge in [-0.3, -0.25) is 0 Å². The van der Waals surface area contributed by atoms with Gasteiger partial charge in [0.25, 0.3) is 0 Å². The highest BCUT2D eigenvalue weighted by Gasteiger charge is 2.40. The molecule has 0 aromatic carbocycles. The van der Waals surface area contributed by atoms with Crippen LogP contribution < -0.4 is 0 Å². The Labute approximate surface area is 102 Å². The monoisotopic (exact) mass is 246 g/mol. The maximum absolute atomic E-state index is 6.40. The van der Waals surface area contributed by atoms with E-state index >= 15 is 0 Å². The summed E-state index contributed by atoms with van der Waals surface area (Å²) in [5, 5.41) is 0.339. The molecule has 0 amide bonds. The summed E-state index contributed by atoms with van der Waals surface area (Å²) < 4.78 is 6.40. The summed E-state index contributed by atoms with van der Waals surface area (Å²) in [5.74, 6) is 1.82. The molecule has 0 aromatic rings. The summed E-state index contributed by atoms with van der Waals surface area (Å²) in [6.07, 6.45) is 4.30. The third-order valence-electron chi connectivity index (χ3n) is 4.02. The van der Waals surface area contributed by atoms with Gasteiger partial charge in [0.1, 0.15) is 0 Å². The zero-order valence-corrected chi connectivity index (χ0v) is 12.7. The molecule has 0 heterocycles. The first kappa shape index (κ1) is 13.6. The molecule has 90 valence electrons. The van der Waals surface area contributed by atoms with Crippen molar-refractivity contribution < 1.29 is 4.43 Å². The van der Waals surface area contributed by atoms with Gasteiger partial charge in [-0.1, -0.05) is 20.8 Å². The van der Waals surface area contributed by atoms with Crippen molar-refractivity contribution in [3.05, 3.63) is 0 Å². The fourth-order valence-corrected chi connectivity index (χ4v) is 3.63. The van der Waals surface area contributed by atoms with Crippen LogP contribution in [-0.2, 0) is 4.43 Å². The second-order valence-electron chi connectivity index (χ2n) is 6.36. The van der Waals surface area contributed by atoms with E-state index in [0.29, 0.717) is 11.1 Å². The van der Waals surface area contributed by atoms with Gasteiger partial charge >= 0.3 is 0 Å². The Morgan fingerprint density at radius 3 is 2.27 bits per heavy atom. The Morgan fingerprint density at radius 1 is 1.27 bits per heavy atom. The van der Waals surface area contributed by atoms with Crippen molar-refractivity contribution in [1.29, 1.82) is 0 Å². The molecular weight excluding hydrogens is 220 g/mol. The van der Waals surface area contributed by atoms with Crippen molar-refractivity contribution >= 4 is 20.9 Å². The van der Waals surface area contributed by atoms with Crippen LogP contribution in [0, 0.1) is 5.92 Å². The summed E-state index contributed by atoms with van der Waals surface area (Å²) in [5.41, 5.74) is 0. The molecule has 15 heavy (non-hydrogen) atoms.